The van der Waals surface area contributed by atoms with Gasteiger partial charge in [0.15, 0.2) is 12.4 Å². The number of nitriles is 1. The third-order valence-electron chi connectivity index (χ3n) is 5.20. The van der Waals surface area contributed by atoms with E-state index in [-0.39, 0.29) is 39.5 Å². The number of anilines is 2. The van der Waals surface area contributed by atoms with Gasteiger partial charge in [-0.05, 0) is 32.0 Å². The predicted octanol–water partition coefficient (Wildman–Crippen LogP) is 3.74. The monoisotopic (exact) mass is 476 g/mol. The van der Waals surface area contributed by atoms with Crippen LogP contribution in [0, 0.1) is 35.3 Å². The van der Waals surface area contributed by atoms with Gasteiger partial charge in [0.1, 0.15) is 23.1 Å². The highest BCUT2D eigenvalue weighted by molar-refractivity contribution is 6.15. The molecule has 1 heterocycles. The summed E-state index contributed by atoms with van der Waals surface area (Å²) in [5.41, 5.74) is 0.511. The number of hydrogen-bond acceptors (Lipinski definition) is 9. The van der Waals surface area contributed by atoms with Gasteiger partial charge in [-0.25, -0.2) is 4.79 Å². The quantitative estimate of drug-likeness (QED) is 0.213. The summed E-state index contributed by atoms with van der Waals surface area (Å²) < 4.78 is 10.4. The number of ketones is 1. The molecule has 0 radical (unpaired) electrons. The van der Waals surface area contributed by atoms with E-state index in [2.05, 4.69) is 10.6 Å². The summed E-state index contributed by atoms with van der Waals surface area (Å²) in [4.78, 5) is 48.7. The number of nitrogens with one attached hydrogen (secondary N) is 2. The highest BCUT2D eigenvalue weighted by Gasteiger charge is 2.23. The molecular weight excluding hydrogens is 456 g/mol. The van der Waals surface area contributed by atoms with Gasteiger partial charge >= 0.3 is 5.97 Å². The highest BCUT2D eigenvalue weighted by atomic mass is 16.6. The lowest BCUT2D eigenvalue weighted by atomic mass is 9.97. The standard InChI is InChI=1S/C24H20N4O7/c1-13-14(2)35-23(18(13)11-25)27-21(29)12-34-24(31)17-7-5-4-6-16(17)22(30)15-8-9-19(26-3)20(10-15)28(32)33/h4-10,26H,12H2,1-3H3,(H,27,29). The van der Waals surface area contributed by atoms with E-state index in [4.69, 9.17) is 9.15 Å². The number of carbonyl (C=O) groups is 3. The summed E-state index contributed by atoms with van der Waals surface area (Å²) in [5.74, 6) is -1.91. The van der Waals surface area contributed by atoms with Crippen LogP contribution in [0.2, 0.25) is 0 Å². The van der Waals surface area contributed by atoms with Crippen LogP contribution in [0.4, 0.5) is 17.3 Å². The average molecular weight is 476 g/mol. The Labute approximate surface area is 199 Å². The normalized spacial score (nSPS) is 10.2. The van der Waals surface area contributed by atoms with Gasteiger partial charge in [-0.2, -0.15) is 5.26 Å². The van der Waals surface area contributed by atoms with Gasteiger partial charge in [0.2, 0.25) is 5.88 Å². The van der Waals surface area contributed by atoms with Gasteiger partial charge in [0.25, 0.3) is 11.6 Å². The summed E-state index contributed by atoms with van der Waals surface area (Å²) in [5, 5.41) is 25.6. The van der Waals surface area contributed by atoms with Crippen molar-refractivity contribution in [3.8, 4) is 6.07 Å². The lowest BCUT2D eigenvalue weighted by Gasteiger charge is -2.10. The van der Waals surface area contributed by atoms with Crippen molar-refractivity contribution < 1.29 is 28.5 Å². The van der Waals surface area contributed by atoms with Crippen LogP contribution in [-0.2, 0) is 9.53 Å². The fraction of sp³-hybridized carbons (Fsp3) is 0.167. The fourth-order valence-corrected chi connectivity index (χ4v) is 3.27. The molecule has 0 fully saturated rings. The number of aryl methyl sites for hydroxylation is 1. The Morgan fingerprint density at radius 1 is 1.14 bits per heavy atom. The van der Waals surface area contributed by atoms with Crippen LogP contribution in [0.3, 0.4) is 0 Å². The Bertz CT molecular complexity index is 1380. The molecule has 11 nitrogen and oxygen atoms in total. The van der Waals surface area contributed by atoms with Crippen molar-refractivity contribution in [3.05, 3.63) is 86.2 Å². The minimum absolute atomic E-state index is 0.00119. The Balaban J connectivity index is 1.77. The molecule has 0 aliphatic carbocycles. The molecule has 35 heavy (non-hydrogen) atoms. The van der Waals surface area contributed by atoms with Crippen LogP contribution in [0.5, 0.6) is 0 Å². The molecule has 2 aromatic carbocycles. The minimum atomic E-state index is -0.947. The van der Waals surface area contributed by atoms with E-state index >= 15 is 0 Å². The van der Waals surface area contributed by atoms with Crippen LogP contribution in [-0.4, -0.2) is 36.2 Å². The molecule has 0 aliphatic rings. The molecule has 0 spiro atoms. The van der Waals surface area contributed by atoms with Crippen molar-refractivity contribution in [2.45, 2.75) is 13.8 Å². The number of ether oxygens (including phenoxy) is 1. The van der Waals surface area contributed by atoms with E-state index in [1.807, 2.05) is 6.07 Å². The Hall–Kier alpha value is -4.98. The van der Waals surface area contributed by atoms with E-state index in [1.54, 1.807) is 13.8 Å². The second kappa shape index (κ2) is 10.3. The first-order chi connectivity index (χ1) is 16.7. The number of benzene rings is 2. The molecule has 0 aliphatic heterocycles. The van der Waals surface area contributed by atoms with Gasteiger partial charge in [-0.15, -0.1) is 0 Å². The number of nitro benzene ring substituents is 1. The molecule has 2 N–H and O–H groups in total. The summed E-state index contributed by atoms with van der Waals surface area (Å²) >= 11 is 0. The van der Waals surface area contributed by atoms with Crippen molar-refractivity contribution in [1.29, 1.82) is 5.26 Å². The highest BCUT2D eigenvalue weighted by Crippen LogP contribution is 2.27. The number of rotatable bonds is 8. The first kappa shape index (κ1) is 24.7. The fourth-order valence-electron chi connectivity index (χ4n) is 3.27. The summed E-state index contributed by atoms with van der Waals surface area (Å²) in [7, 11) is 1.51. The van der Waals surface area contributed by atoms with Crippen LogP contribution >= 0.6 is 0 Å². The van der Waals surface area contributed by atoms with Crippen LogP contribution in [0.25, 0.3) is 0 Å². The molecule has 0 atom stereocenters. The van der Waals surface area contributed by atoms with Gasteiger partial charge in [0, 0.05) is 29.8 Å². The maximum absolute atomic E-state index is 13.1. The number of amides is 1. The molecule has 0 saturated carbocycles. The zero-order valence-electron chi connectivity index (χ0n) is 19.0. The van der Waals surface area contributed by atoms with Crippen molar-refractivity contribution in [3.63, 3.8) is 0 Å². The molecule has 1 aromatic heterocycles. The molecule has 1 amide bonds. The summed E-state index contributed by atoms with van der Waals surface area (Å²) in [6.07, 6.45) is 0. The molecular formula is C24H20N4O7. The van der Waals surface area contributed by atoms with Crippen molar-refractivity contribution in [1.82, 2.24) is 0 Å². The third-order valence-corrected chi connectivity index (χ3v) is 5.20. The zero-order chi connectivity index (χ0) is 25.7. The number of furan rings is 1. The second-order valence-corrected chi connectivity index (χ2v) is 7.34. The molecule has 0 unspecified atom stereocenters. The maximum Gasteiger partial charge on any atom is 0.339 e. The third kappa shape index (κ3) is 5.17. The van der Waals surface area contributed by atoms with E-state index in [1.165, 1.54) is 43.4 Å². The first-order valence-electron chi connectivity index (χ1n) is 10.2. The number of nitrogens with zero attached hydrogens (tertiary/aromatic N) is 2. The van der Waals surface area contributed by atoms with E-state index in [0.717, 1.165) is 6.07 Å². The largest absolute Gasteiger partial charge is 0.452 e. The average Bonchev–Trinajstić information content (AvgIpc) is 3.13. The number of carbonyl (C=O) groups excluding carboxylic acids is 3. The minimum Gasteiger partial charge on any atom is -0.452 e. The van der Waals surface area contributed by atoms with Crippen molar-refractivity contribution >= 4 is 34.9 Å². The van der Waals surface area contributed by atoms with Gasteiger partial charge in [0.05, 0.1) is 10.5 Å². The summed E-state index contributed by atoms with van der Waals surface area (Å²) in [6, 6.07) is 11.6. The summed E-state index contributed by atoms with van der Waals surface area (Å²) in [6.45, 7) is 2.61. The molecule has 3 rings (SSSR count). The SMILES string of the molecule is CNc1ccc(C(=O)c2ccccc2C(=O)OCC(=O)Nc2oc(C)c(C)c2C#N)cc1[N+](=O)[O-]. The van der Waals surface area contributed by atoms with E-state index < -0.39 is 29.2 Å². The van der Waals surface area contributed by atoms with Crippen LogP contribution in [0.1, 0.15) is 43.2 Å². The maximum atomic E-state index is 13.1. The zero-order valence-corrected chi connectivity index (χ0v) is 19.0. The predicted molar refractivity (Wildman–Crippen MR) is 124 cm³/mol. The van der Waals surface area contributed by atoms with Crippen LogP contribution < -0.4 is 10.6 Å². The Morgan fingerprint density at radius 2 is 1.83 bits per heavy atom. The molecule has 178 valence electrons. The molecule has 0 bridgehead atoms. The van der Waals surface area contributed by atoms with E-state index in [0.29, 0.717) is 11.3 Å². The number of hydrogen-bond donors (Lipinski definition) is 2. The van der Waals surface area contributed by atoms with Gasteiger partial charge < -0.3 is 14.5 Å². The molecule has 3 aromatic rings. The second-order valence-electron chi connectivity index (χ2n) is 7.34. The smallest absolute Gasteiger partial charge is 0.339 e. The lowest BCUT2D eigenvalue weighted by Crippen LogP contribution is -2.22. The number of esters is 1. The first-order valence-corrected chi connectivity index (χ1v) is 10.2. The topological polar surface area (TPSA) is 165 Å². The van der Waals surface area contributed by atoms with Crippen molar-refractivity contribution in [2.24, 2.45) is 0 Å². The molecule has 11 heteroatoms. The van der Waals surface area contributed by atoms with Gasteiger partial charge in [-0.1, -0.05) is 18.2 Å². The molecule has 0 saturated heterocycles. The lowest BCUT2D eigenvalue weighted by molar-refractivity contribution is -0.384. The van der Waals surface area contributed by atoms with Gasteiger partial charge in [-0.3, -0.25) is 25.0 Å². The van der Waals surface area contributed by atoms with Crippen LogP contribution in [0.15, 0.2) is 46.9 Å². The van der Waals surface area contributed by atoms with Crippen molar-refractivity contribution in [2.75, 3.05) is 24.3 Å². The Kier molecular flexibility index (Phi) is 7.26. The Morgan fingerprint density at radius 3 is 2.46 bits per heavy atom. The number of nitro groups is 1. The van der Waals surface area contributed by atoms with E-state index in [9.17, 15) is 29.8 Å².